The molecular formula is C26H22ClFN2O5S2. The van der Waals surface area contributed by atoms with Crippen molar-refractivity contribution in [1.29, 1.82) is 0 Å². The molecule has 3 heterocycles. The quantitative estimate of drug-likeness (QED) is 0.396. The van der Waals surface area contributed by atoms with Gasteiger partial charge in [0.2, 0.25) is 5.91 Å². The van der Waals surface area contributed by atoms with Crippen molar-refractivity contribution in [2.24, 2.45) is 0 Å². The van der Waals surface area contributed by atoms with Crippen molar-refractivity contribution in [1.82, 2.24) is 0 Å². The molecule has 2 aromatic carbocycles. The Labute approximate surface area is 222 Å². The van der Waals surface area contributed by atoms with Crippen LogP contribution in [0.3, 0.4) is 0 Å². The van der Waals surface area contributed by atoms with Crippen LogP contribution in [0.25, 0.3) is 0 Å². The van der Waals surface area contributed by atoms with Crippen LogP contribution in [0.1, 0.15) is 34.3 Å². The molecule has 0 aliphatic carbocycles. The molecule has 0 spiro atoms. The van der Waals surface area contributed by atoms with Crippen molar-refractivity contribution in [3.63, 3.8) is 0 Å². The van der Waals surface area contributed by atoms with E-state index in [4.69, 9.17) is 11.6 Å². The SMILES string of the molecule is O=C(Cc1ccc(N2C(=O)Cc3cc(N4CCCC4)ccc3C2=O)c(F)c1)CS(=O)(=O)c1ccc(Cl)s1. The third-order valence-electron chi connectivity index (χ3n) is 6.44. The van der Waals surface area contributed by atoms with Gasteiger partial charge in [-0.2, -0.15) is 0 Å². The number of halogens is 2. The molecular weight excluding hydrogens is 539 g/mol. The fourth-order valence-electron chi connectivity index (χ4n) is 4.69. The largest absolute Gasteiger partial charge is 0.372 e. The lowest BCUT2D eigenvalue weighted by Gasteiger charge is -2.28. The van der Waals surface area contributed by atoms with Crippen LogP contribution in [0.15, 0.2) is 52.7 Å². The number of rotatable bonds is 7. The van der Waals surface area contributed by atoms with Crippen LogP contribution in [-0.2, 0) is 32.3 Å². The lowest BCUT2D eigenvalue weighted by Crippen LogP contribution is -2.43. The van der Waals surface area contributed by atoms with E-state index >= 15 is 4.39 Å². The Morgan fingerprint density at radius 3 is 2.46 bits per heavy atom. The van der Waals surface area contributed by atoms with Crippen LogP contribution in [0.2, 0.25) is 4.34 Å². The molecule has 5 rings (SSSR count). The fraction of sp³-hybridized carbons (Fsp3) is 0.269. The van der Waals surface area contributed by atoms with E-state index in [1.165, 1.54) is 24.3 Å². The minimum Gasteiger partial charge on any atom is -0.372 e. The molecule has 3 aromatic rings. The van der Waals surface area contributed by atoms with E-state index in [9.17, 15) is 22.8 Å². The van der Waals surface area contributed by atoms with E-state index in [1.54, 1.807) is 6.07 Å². The third-order valence-corrected chi connectivity index (χ3v) is 9.93. The highest BCUT2D eigenvalue weighted by Gasteiger charge is 2.34. The van der Waals surface area contributed by atoms with Crippen molar-refractivity contribution in [3.8, 4) is 0 Å². The molecule has 2 aliphatic rings. The van der Waals surface area contributed by atoms with Gasteiger partial charge in [-0.1, -0.05) is 17.7 Å². The van der Waals surface area contributed by atoms with Crippen LogP contribution >= 0.6 is 22.9 Å². The highest BCUT2D eigenvalue weighted by Crippen LogP contribution is 2.32. The molecule has 192 valence electrons. The molecule has 11 heteroatoms. The number of Topliss-reactive ketones (excluding diaryl/α,β-unsaturated/α-hetero) is 1. The molecule has 2 amide bonds. The monoisotopic (exact) mass is 560 g/mol. The number of carbonyl (C=O) groups excluding carboxylic acids is 3. The number of thiophene rings is 1. The number of amides is 2. The van der Waals surface area contributed by atoms with Crippen LogP contribution in [-0.4, -0.2) is 44.9 Å². The Hall–Kier alpha value is -3.08. The average Bonchev–Trinajstić information content (AvgIpc) is 3.52. The number of hydrogen-bond donors (Lipinski definition) is 0. The normalized spacial score (nSPS) is 15.8. The highest BCUT2D eigenvalue weighted by molar-refractivity contribution is 7.94. The van der Waals surface area contributed by atoms with Gasteiger partial charge >= 0.3 is 0 Å². The van der Waals surface area contributed by atoms with Gasteiger partial charge in [-0.3, -0.25) is 14.4 Å². The summed E-state index contributed by atoms with van der Waals surface area (Å²) in [6.07, 6.45) is 1.85. The number of anilines is 2. The minimum atomic E-state index is -3.86. The van der Waals surface area contributed by atoms with Crippen molar-refractivity contribution >= 4 is 61.7 Å². The first-order chi connectivity index (χ1) is 17.6. The van der Waals surface area contributed by atoms with E-state index in [0.717, 1.165) is 53.9 Å². The summed E-state index contributed by atoms with van der Waals surface area (Å²) in [4.78, 5) is 41.5. The van der Waals surface area contributed by atoms with E-state index in [2.05, 4.69) is 4.90 Å². The second kappa shape index (κ2) is 10.00. The van der Waals surface area contributed by atoms with Gasteiger partial charge < -0.3 is 4.90 Å². The second-order valence-corrected chi connectivity index (χ2v) is 13.0. The van der Waals surface area contributed by atoms with E-state index in [1.807, 2.05) is 12.1 Å². The van der Waals surface area contributed by atoms with Crippen molar-refractivity contribution in [2.75, 3.05) is 28.6 Å². The number of imide groups is 1. The van der Waals surface area contributed by atoms with Crippen LogP contribution < -0.4 is 9.80 Å². The van der Waals surface area contributed by atoms with Crippen molar-refractivity contribution in [3.05, 3.63) is 75.4 Å². The standard InChI is InChI=1S/C26H22ClFN2O5S2/c27-23-7-8-25(36-23)37(34,35)15-19(31)11-16-3-6-22(21(28)12-16)30-24(32)14-17-13-18(29-9-1-2-10-29)4-5-20(17)26(30)33/h3-8,12-13H,1-2,9-11,14-15H2. The molecule has 37 heavy (non-hydrogen) atoms. The molecule has 1 aromatic heterocycles. The second-order valence-electron chi connectivity index (χ2n) is 9.07. The van der Waals surface area contributed by atoms with Gasteiger partial charge in [-0.15, -0.1) is 11.3 Å². The van der Waals surface area contributed by atoms with Crippen LogP contribution in [0.4, 0.5) is 15.8 Å². The van der Waals surface area contributed by atoms with Gasteiger partial charge in [0.1, 0.15) is 15.8 Å². The Bertz CT molecular complexity index is 1530. The van der Waals surface area contributed by atoms with Gasteiger partial charge in [-0.05, 0) is 66.4 Å². The Balaban J connectivity index is 1.32. The van der Waals surface area contributed by atoms with Crippen molar-refractivity contribution in [2.45, 2.75) is 29.9 Å². The molecule has 2 aliphatic heterocycles. The maximum atomic E-state index is 15.1. The minimum absolute atomic E-state index is 0.0117. The molecule has 0 saturated carbocycles. The number of hydrogen-bond acceptors (Lipinski definition) is 7. The predicted molar refractivity (Wildman–Crippen MR) is 140 cm³/mol. The number of nitrogens with zero attached hydrogens (tertiary/aromatic N) is 2. The number of benzene rings is 2. The van der Waals surface area contributed by atoms with Crippen LogP contribution in [0.5, 0.6) is 0 Å². The first-order valence-corrected chi connectivity index (χ1v) is 14.5. The van der Waals surface area contributed by atoms with Gasteiger partial charge in [0, 0.05) is 30.8 Å². The van der Waals surface area contributed by atoms with E-state index in [0.29, 0.717) is 15.5 Å². The molecule has 0 N–H and O–H groups in total. The molecule has 1 saturated heterocycles. The van der Waals surface area contributed by atoms with E-state index in [-0.39, 0.29) is 28.3 Å². The summed E-state index contributed by atoms with van der Waals surface area (Å²) in [6, 6.07) is 11.9. The Kier molecular flexibility index (Phi) is 6.91. The molecule has 0 unspecified atom stereocenters. The maximum absolute atomic E-state index is 15.1. The molecule has 7 nitrogen and oxygen atoms in total. The zero-order valence-electron chi connectivity index (χ0n) is 19.6. The molecule has 0 radical (unpaired) electrons. The number of sulfone groups is 1. The number of fused-ring (bicyclic) bond motifs is 1. The summed E-state index contributed by atoms with van der Waals surface area (Å²) < 4.78 is 40.2. The van der Waals surface area contributed by atoms with Crippen LogP contribution in [0, 0.1) is 5.82 Å². The first-order valence-electron chi connectivity index (χ1n) is 11.7. The summed E-state index contributed by atoms with van der Waals surface area (Å²) in [5.41, 5.74) is 1.96. The van der Waals surface area contributed by atoms with Gasteiger partial charge in [-0.25, -0.2) is 17.7 Å². The average molecular weight is 561 g/mol. The van der Waals surface area contributed by atoms with Crippen molar-refractivity contribution < 1.29 is 27.2 Å². The summed E-state index contributed by atoms with van der Waals surface area (Å²) in [6.45, 7) is 1.86. The lowest BCUT2D eigenvalue weighted by molar-refractivity contribution is -0.118. The van der Waals surface area contributed by atoms with Gasteiger partial charge in [0.05, 0.1) is 16.4 Å². The smallest absolute Gasteiger partial charge is 0.265 e. The fourth-order valence-corrected chi connectivity index (χ4v) is 7.51. The van der Waals surface area contributed by atoms with E-state index < -0.39 is 39.0 Å². The van der Waals surface area contributed by atoms with Gasteiger partial charge in [0.25, 0.3) is 5.91 Å². The maximum Gasteiger partial charge on any atom is 0.265 e. The molecule has 0 atom stereocenters. The summed E-state index contributed by atoms with van der Waals surface area (Å²) in [5, 5.41) is 0. The summed E-state index contributed by atoms with van der Waals surface area (Å²) in [7, 11) is -3.86. The number of ketones is 1. The first kappa shape index (κ1) is 25.6. The highest BCUT2D eigenvalue weighted by atomic mass is 35.5. The predicted octanol–water partition coefficient (Wildman–Crippen LogP) is 4.46. The third kappa shape index (κ3) is 5.18. The lowest BCUT2D eigenvalue weighted by atomic mass is 9.96. The Morgan fingerprint density at radius 2 is 1.78 bits per heavy atom. The zero-order chi connectivity index (χ0) is 26.3. The molecule has 0 bridgehead atoms. The summed E-state index contributed by atoms with van der Waals surface area (Å²) in [5.74, 6) is -3.37. The summed E-state index contributed by atoms with van der Waals surface area (Å²) >= 11 is 6.64. The van der Waals surface area contributed by atoms with Gasteiger partial charge in [0.15, 0.2) is 15.6 Å². The topological polar surface area (TPSA) is 91.8 Å². The number of carbonyl (C=O) groups is 3. The Morgan fingerprint density at radius 1 is 1.03 bits per heavy atom. The molecule has 1 fully saturated rings. The zero-order valence-corrected chi connectivity index (χ0v) is 22.0.